The first kappa shape index (κ1) is 17.6. The second-order valence-electron chi connectivity index (χ2n) is 4.22. The van der Waals surface area contributed by atoms with Crippen LogP contribution in [-0.4, -0.2) is 30.3 Å². The van der Waals surface area contributed by atoms with Crippen LogP contribution in [0.4, 0.5) is 14.5 Å². The fourth-order valence-electron chi connectivity index (χ4n) is 1.75. The van der Waals surface area contributed by atoms with Crippen LogP contribution < -0.4 is 5.73 Å². The van der Waals surface area contributed by atoms with Crippen molar-refractivity contribution in [3.63, 3.8) is 0 Å². The SMILES string of the molecule is CCCN(CC(F)F)C(=O)c1cc(N)ccc1C.Cl. The highest BCUT2D eigenvalue weighted by Crippen LogP contribution is 2.16. The Morgan fingerprint density at radius 3 is 2.58 bits per heavy atom. The molecule has 6 heteroatoms. The van der Waals surface area contributed by atoms with Crippen molar-refractivity contribution in [1.29, 1.82) is 0 Å². The highest BCUT2D eigenvalue weighted by Gasteiger charge is 2.20. The van der Waals surface area contributed by atoms with E-state index in [2.05, 4.69) is 0 Å². The van der Waals surface area contributed by atoms with Crippen LogP contribution in [0.5, 0.6) is 0 Å². The number of carbonyl (C=O) groups is 1. The van der Waals surface area contributed by atoms with Gasteiger partial charge in [0.05, 0.1) is 6.54 Å². The van der Waals surface area contributed by atoms with Gasteiger partial charge in [-0.1, -0.05) is 13.0 Å². The number of hydrogen-bond acceptors (Lipinski definition) is 2. The third kappa shape index (κ3) is 5.03. The largest absolute Gasteiger partial charge is 0.399 e. The molecular formula is C13H19ClF2N2O. The molecule has 0 fully saturated rings. The predicted molar refractivity (Wildman–Crippen MR) is 75.0 cm³/mol. The van der Waals surface area contributed by atoms with Crippen molar-refractivity contribution in [1.82, 2.24) is 4.90 Å². The molecule has 0 aromatic heterocycles. The minimum atomic E-state index is -2.53. The number of carbonyl (C=O) groups excluding carboxylic acids is 1. The molecule has 2 N–H and O–H groups in total. The van der Waals surface area contributed by atoms with Crippen LogP contribution in [0.3, 0.4) is 0 Å². The Kier molecular flexibility index (Phi) is 7.37. The van der Waals surface area contributed by atoms with Gasteiger partial charge in [0.2, 0.25) is 0 Å². The molecule has 108 valence electrons. The normalized spacial score (nSPS) is 10.2. The summed E-state index contributed by atoms with van der Waals surface area (Å²) < 4.78 is 24.9. The van der Waals surface area contributed by atoms with Gasteiger partial charge in [0.15, 0.2) is 0 Å². The van der Waals surface area contributed by atoms with Gasteiger partial charge >= 0.3 is 0 Å². The number of nitrogens with zero attached hydrogens (tertiary/aromatic N) is 1. The van der Waals surface area contributed by atoms with Crippen molar-refractivity contribution in [3.8, 4) is 0 Å². The average Bonchev–Trinajstić information content (AvgIpc) is 2.30. The van der Waals surface area contributed by atoms with Crippen molar-refractivity contribution < 1.29 is 13.6 Å². The van der Waals surface area contributed by atoms with Gasteiger partial charge in [0, 0.05) is 17.8 Å². The molecule has 0 aliphatic carbocycles. The first-order valence-electron chi connectivity index (χ1n) is 5.89. The molecule has 1 aromatic rings. The zero-order chi connectivity index (χ0) is 13.7. The summed E-state index contributed by atoms with van der Waals surface area (Å²) in [6.07, 6.45) is -1.89. The molecule has 1 aromatic carbocycles. The van der Waals surface area contributed by atoms with E-state index >= 15 is 0 Å². The maximum atomic E-state index is 12.4. The van der Waals surface area contributed by atoms with Crippen molar-refractivity contribution in [2.75, 3.05) is 18.8 Å². The van der Waals surface area contributed by atoms with Crippen LogP contribution in [0.1, 0.15) is 29.3 Å². The number of nitrogen functional groups attached to an aromatic ring is 1. The Bertz CT molecular complexity index is 427. The van der Waals surface area contributed by atoms with E-state index in [1.54, 1.807) is 19.1 Å². The van der Waals surface area contributed by atoms with Gasteiger partial charge in [-0.15, -0.1) is 12.4 Å². The molecule has 0 saturated heterocycles. The van der Waals surface area contributed by atoms with Gasteiger partial charge in [-0.25, -0.2) is 8.78 Å². The number of anilines is 1. The Morgan fingerprint density at radius 1 is 1.42 bits per heavy atom. The third-order valence-corrected chi connectivity index (χ3v) is 2.63. The maximum Gasteiger partial charge on any atom is 0.255 e. The number of alkyl halides is 2. The van der Waals surface area contributed by atoms with E-state index in [9.17, 15) is 13.6 Å². The number of nitrogens with two attached hydrogens (primary N) is 1. The smallest absolute Gasteiger partial charge is 0.255 e. The van der Waals surface area contributed by atoms with Crippen molar-refractivity contribution in [2.45, 2.75) is 26.7 Å². The minimum absolute atomic E-state index is 0. The molecule has 0 aliphatic rings. The average molecular weight is 293 g/mol. The van der Waals surface area contributed by atoms with E-state index < -0.39 is 13.0 Å². The molecule has 0 heterocycles. The molecule has 19 heavy (non-hydrogen) atoms. The van der Waals surface area contributed by atoms with E-state index in [0.717, 1.165) is 5.56 Å². The quantitative estimate of drug-likeness (QED) is 0.848. The summed E-state index contributed by atoms with van der Waals surface area (Å²) in [5, 5.41) is 0. The second-order valence-corrected chi connectivity index (χ2v) is 4.22. The Labute approximate surface area is 118 Å². The summed E-state index contributed by atoms with van der Waals surface area (Å²) in [6, 6.07) is 4.93. The second kappa shape index (κ2) is 7.94. The zero-order valence-electron chi connectivity index (χ0n) is 11.0. The lowest BCUT2D eigenvalue weighted by molar-refractivity contribution is 0.0554. The molecule has 0 aliphatic heterocycles. The number of amides is 1. The topological polar surface area (TPSA) is 46.3 Å². The van der Waals surface area contributed by atoms with E-state index in [1.807, 2.05) is 6.92 Å². The first-order chi connectivity index (χ1) is 8.45. The Hall–Kier alpha value is -1.36. The van der Waals surface area contributed by atoms with Crippen molar-refractivity contribution in [3.05, 3.63) is 29.3 Å². The molecule has 0 unspecified atom stereocenters. The summed E-state index contributed by atoms with van der Waals surface area (Å²) >= 11 is 0. The van der Waals surface area contributed by atoms with Crippen LogP contribution in [-0.2, 0) is 0 Å². The van der Waals surface area contributed by atoms with Crippen molar-refractivity contribution >= 4 is 24.0 Å². The summed E-state index contributed by atoms with van der Waals surface area (Å²) in [5.41, 5.74) is 7.21. The summed E-state index contributed by atoms with van der Waals surface area (Å²) in [7, 11) is 0. The van der Waals surface area contributed by atoms with Crippen molar-refractivity contribution in [2.24, 2.45) is 0 Å². The fraction of sp³-hybridized carbons (Fsp3) is 0.462. The van der Waals surface area contributed by atoms with Gasteiger partial charge in [0.1, 0.15) is 0 Å². The highest BCUT2D eigenvalue weighted by atomic mass is 35.5. The lowest BCUT2D eigenvalue weighted by atomic mass is 10.1. The fourth-order valence-corrected chi connectivity index (χ4v) is 1.75. The molecule has 0 bridgehead atoms. The number of rotatable bonds is 5. The van der Waals surface area contributed by atoms with Crippen LogP contribution in [0, 0.1) is 6.92 Å². The molecule has 0 spiro atoms. The summed E-state index contributed by atoms with van der Waals surface area (Å²) in [5.74, 6) is -0.387. The van der Waals surface area contributed by atoms with Crippen LogP contribution in [0.15, 0.2) is 18.2 Å². The highest BCUT2D eigenvalue weighted by molar-refractivity contribution is 5.96. The standard InChI is InChI=1S/C13H18F2N2O.ClH/c1-3-6-17(8-12(14)15)13(18)11-7-10(16)5-4-9(11)2;/h4-5,7,12H,3,6,8,16H2,1-2H3;1H. The van der Waals surface area contributed by atoms with Crippen LogP contribution >= 0.6 is 12.4 Å². The van der Waals surface area contributed by atoms with Gasteiger partial charge in [-0.2, -0.15) is 0 Å². The third-order valence-electron chi connectivity index (χ3n) is 2.63. The molecular weight excluding hydrogens is 274 g/mol. The van der Waals surface area contributed by atoms with E-state index in [0.29, 0.717) is 24.2 Å². The molecule has 0 saturated carbocycles. The minimum Gasteiger partial charge on any atom is -0.399 e. The van der Waals surface area contributed by atoms with E-state index in [-0.39, 0.29) is 18.3 Å². The number of halogens is 3. The van der Waals surface area contributed by atoms with E-state index in [4.69, 9.17) is 5.73 Å². The number of benzene rings is 1. The maximum absolute atomic E-state index is 12.4. The molecule has 1 rings (SSSR count). The van der Waals surface area contributed by atoms with Gasteiger partial charge in [0.25, 0.3) is 12.3 Å². The molecule has 0 atom stereocenters. The Balaban J connectivity index is 0.00000324. The van der Waals surface area contributed by atoms with Gasteiger partial charge < -0.3 is 10.6 Å². The lowest BCUT2D eigenvalue weighted by Gasteiger charge is -2.22. The molecule has 1 amide bonds. The monoisotopic (exact) mass is 292 g/mol. The number of hydrogen-bond donors (Lipinski definition) is 1. The number of aryl methyl sites for hydroxylation is 1. The summed E-state index contributed by atoms with van der Waals surface area (Å²) in [4.78, 5) is 13.4. The van der Waals surface area contributed by atoms with E-state index in [1.165, 1.54) is 11.0 Å². The molecule has 0 radical (unpaired) electrons. The van der Waals surface area contributed by atoms with Gasteiger partial charge in [-0.3, -0.25) is 4.79 Å². The predicted octanol–water partition coefficient (Wildman–Crippen LogP) is 3.12. The first-order valence-corrected chi connectivity index (χ1v) is 5.89. The summed E-state index contributed by atoms with van der Waals surface area (Å²) in [6.45, 7) is 3.38. The lowest BCUT2D eigenvalue weighted by Crippen LogP contribution is -2.36. The Morgan fingerprint density at radius 2 is 2.05 bits per heavy atom. The van der Waals surface area contributed by atoms with Crippen LogP contribution in [0.2, 0.25) is 0 Å². The van der Waals surface area contributed by atoms with Crippen LogP contribution in [0.25, 0.3) is 0 Å². The molecule has 3 nitrogen and oxygen atoms in total. The van der Waals surface area contributed by atoms with Gasteiger partial charge in [-0.05, 0) is 31.0 Å². The zero-order valence-corrected chi connectivity index (χ0v) is 11.8.